The van der Waals surface area contributed by atoms with Gasteiger partial charge in [0.1, 0.15) is 16.9 Å². The molecule has 2 aromatic heterocycles. The maximum Gasteiger partial charge on any atom is 0.267 e. The van der Waals surface area contributed by atoms with Crippen molar-refractivity contribution in [2.45, 2.75) is 29.0 Å². The van der Waals surface area contributed by atoms with Crippen molar-refractivity contribution >= 4 is 99.1 Å². The molecule has 42 heavy (non-hydrogen) atoms. The Bertz CT molecular complexity index is 1500. The van der Waals surface area contributed by atoms with Crippen molar-refractivity contribution in [1.82, 2.24) is 30.8 Å². The van der Waals surface area contributed by atoms with E-state index in [2.05, 4.69) is 99.6 Å². The summed E-state index contributed by atoms with van der Waals surface area (Å²) in [6.45, 7) is 0.171. The third-order valence-corrected chi connectivity index (χ3v) is 12.7. The van der Waals surface area contributed by atoms with E-state index in [1.54, 1.807) is 17.0 Å². The number of aromatic nitrogens is 2. The van der Waals surface area contributed by atoms with Gasteiger partial charge in [-0.25, -0.2) is 9.98 Å². The van der Waals surface area contributed by atoms with Gasteiger partial charge in [-0.15, -0.1) is 11.6 Å². The number of hydrogen-bond acceptors (Lipinski definition) is 10. The van der Waals surface area contributed by atoms with E-state index in [9.17, 15) is 14.7 Å². The molecule has 19 heteroatoms. The second-order valence-electron chi connectivity index (χ2n) is 10.5. The molecule has 2 amide bonds. The SMILES string of the molecule is CO[C@H]1N=C(N)N2[C@H]3N=C(N)N[C@@]3(O)[C@@H]3[C@@H](CNC(=O)c4cc(Br)c(Br)[nH]4)[C@H](CNC(=O)c4cc(Br)c(Br)[nH]4)[C@@H](Cl)C132. The fourth-order valence-corrected chi connectivity index (χ4v) is 8.91. The van der Waals surface area contributed by atoms with Crippen LogP contribution in [0.15, 0.2) is 40.3 Å². The third-order valence-electron chi connectivity index (χ3n) is 8.46. The molecule has 8 atom stereocenters. The largest absolute Gasteiger partial charge is 0.370 e. The standard InChI is InChI=1S/C23H25Br4ClN10O4/c1-42-19-22-12(23(41)18(35-20(29)37-23)38(22)21(30)36-19)6(4-31-16(39)10-2-8(24)14(26)33-10)7(13(22)28)5-32-17(40)11-3-9(25)15(27)34-11/h2-3,6-7,12-13,18-19,33-34,41H,4-5H2,1H3,(H2,30,36)(H,31,39)(H,32,40)(H3,29,35,37)/t6-,7-,12+,13+,18+,19+,22?,23+/m0/s1. The molecule has 2 aromatic rings. The number of rotatable bonds is 7. The minimum Gasteiger partial charge on any atom is -0.370 e. The molecular weight excluding hydrogens is 835 g/mol. The first kappa shape index (κ1) is 30.2. The number of aliphatic hydroxyl groups is 1. The first-order valence-corrected chi connectivity index (χ1v) is 16.2. The van der Waals surface area contributed by atoms with Crippen molar-refractivity contribution in [3.63, 3.8) is 0 Å². The van der Waals surface area contributed by atoms with E-state index in [1.807, 2.05) is 0 Å². The molecule has 6 rings (SSSR count). The second kappa shape index (κ2) is 10.7. The maximum absolute atomic E-state index is 13.2. The van der Waals surface area contributed by atoms with Crippen molar-refractivity contribution in [3.05, 3.63) is 41.7 Å². The van der Waals surface area contributed by atoms with Crippen LogP contribution in [0.1, 0.15) is 21.0 Å². The average molecular weight is 861 g/mol. The Balaban J connectivity index is 1.37. The predicted molar refractivity (Wildman–Crippen MR) is 168 cm³/mol. The Kier molecular flexibility index (Phi) is 7.67. The molecule has 0 radical (unpaired) electrons. The van der Waals surface area contributed by atoms with Crippen molar-refractivity contribution in [2.24, 2.45) is 39.2 Å². The number of guanidine groups is 2. The topological polar surface area (TPSA) is 211 Å². The molecule has 5 heterocycles. The lowest BCUT2D eigenvalue weighted by molar-refractivity contribution is -0.0613. The summed E-state index contributed by atoms with van der Waals surface area (Å²) in [4.78, 5) is 42.9. The van der Waals surface area contributed by atoms with E-state index in [4.69, 9.17) is 27.8 Å². The van der Waals surface area contributed by atoms with Crippen molar-refractivity contribution in [1.29, 1.82) is 0 Å². The number of aromatic amines is 2. The van der Waals surface area contributed by atoms with Gasteiger partial charge >= 0.3 is 0 Å². The highest BCUT2D eigenvalue weighted by Crippen LogP contribution is 2.64. The van der Waals surface area contributed by atoms with Crippen LogP contribution >= 0.6 is 75.3 Å². The van der Waals surface area contributed by atoms with Gasteiger partial charge in [-0.3, -0.25) is 9.59 Å². The molecule has 1 unspecified atom stereocenters. The number of nitrogens with two attached hydrogens (primary N) is 2. The highest BCUT2D eigenvalue weighted by Gasteiger charge is 2.82. The molecule has 10 N–H and O–H groups in total. The number of methoxy groups -OCH3 is 1. The van der Waals surface area contributed by atoms with Crippen molar-refractivity contribution < 1.29 is 19.4 Å². The van der Waals surface area contributed by atoms with Crippen LogP contribution in [0.25, 0.3) is 0 Å². The van der Waals surface area contributed by atoms with Crippen molar-refractivity contribution in [2.75, 3.05) is 20.2 Å². The van der Waals surface area contributed by atoms with Gasteiger partial charge in [0.2, 0.25) is 0 Å². The van der Waals surface area contributed by atoms with Gasteiger partial charge in [-0.2, -0.15) is 0 Å². The summed E-state index contributed by atoms with van der Waals surface area (Å²) in [5.74, 6) is -2.42. The zero-order valence-corrected chi connectivity index (χ0v) is 28.7. The summed E-state index contributed by atoms with van der Waals surface area (Å²) in [6.07, 6.45) is -1.81. The molecule has 1 aliphatic carbocycles. The predicted octanol–water partition coefficient (Wildman–Crippen LogP) is 1.31. The minimum atomic E-state index is -1.73. The molecule has 14 nitrogen and oxygen atoms in total. The fourth-order valence-electron chi connectivity index (χ4n) is 6.97. The van der Waals surface area contributed by atoms with Crippen LogP contribution in [-0.4, -0.2) is 92.9 Å². The number of ether oxygens (including phenoxy) is 1. The smallest absolute Gasteiger partial charge is 0.267 e. The van der Waals surface area contributed by atoms with Gasteiger partial charge in [0.25, 0.3) is 11.8 Å². The van der Waals surface area contributed by atoms with E-state index in [-0.39, 0.29) is 36.8 Å². The Morgan fingerprint density at radius 1 is 1.05 bits per heavy atom. The number of carbonyl (C=O) groups is 2. The normalized spacial score (nSPS) is 34.4. The van der Waals surface area contributed by atoms with E-state index in [1.165, 1.54) is 7.11 Å². The number of amides is 2. The van der Waals surface area contributed by atoms with Gasteiger partial charge < -0.3 is 52.1 Å². The summed E-state index contributed by atoms with van der Waals surface area (Å²) < 4.78 is 8.42. The van der Waals surface area contributed by atoms with Crippen molar-refractivity contribution in [3.8, 4) is 0 Å². The van der Waals surface area contributed by atoms with Gasteiger partial charge in [0.15, 0.2) is 30.0 Å². The molecule has 3 aliphatic heterocycles. The van der Waals surface area contributed by atoms with Gasteiger partial charge in [-0.1, -0.05) is 0 Å². The van der Waals surface area contributed by atoms with Gasteiger partial charge in [-0.05, 0) is 81.8 Å². The molecular formula is C23H25Br4ClN10O4. The highest BCUT2D eigenvalue weighted by molar-refractivity contribution is 9.13. The van der Waals surface area contributed by atoms with Crippen LogP contribution in [0.4, 0.5) is 0 Å². The number of fused-ring (bicyclic) bond motifs is 3. The number of H-pyrrole nitrogens is 2. The Labute approximate surface area is 277 Å². The molecule has 0 bridgehead atoms. The lowest BCUT2D eigenvalue weighted by Gasteiger charge is -2.40. The van der Waals surface area contributed by atoms with E-state index in [0.29, 0.717) is 29.5 Å². The van der Waals surface area contributed by atoms with Crippen LogP contribution in [-0.2, 0) is 4.74 Å². The second-order valence-corrected chi connectivity index (χ2v) is 14.3. The fraction of sp³-hybridized carbons (Fsp3) is 0.478. The molecule has 1 saturated carbocycles. The zero-order chi connectivity index (χ0) is 30.3. The van der Waals surface area contributed by atoms with Gasteiger partial charge in [0, 0.05) is 32.0 Å². The Morgan fingerprint density at radius 2 is 1.60 bits per heavy atom. The molecule has 4 aliphatic rings. The number of alkyl halides is 1. The number of aliphatic imine (C=N–C) groups is 2. The zero-order valence-electron chi connectivity index (χ0n) is 21.6. The molecule has 1 spiro atoms. The Hall–Kier alpha value is -1.83. The quantitative estimate of drug-likeness (QED) is 0.190. The first-order valence-electron chi connectivity index (χ1n) is 12.6. The van der Waals surface area contributed by atoms with E-state index < -0.39 is 46.8 Å². The molecule has 1 saturated heterocycles. The maximum atomic E-state index is 13.2. The van der Waals surface area contributed by atoms with E-state index in [0.717, 1.165) is 0 Å². The lowest BCUT2D eigenvalue weighted by Crippen LogP contribution is -2.61. The number of halogens is 5. The summed E-state index contributed by atoms with van der Waals surface area (Å²) in [5, 5.41) is 20.3. The summed E-state index contributed by atoms with van der Waals surface area (Å²) in [6, 6.07) is 3.29. The summed E-state index contributed by atoms with van der Waals surface area (Å²) in [5.41, 5.74) is 10.2. The summed E-state index contributed by atoms with van der Waals surface area (Å²) in [7, 11) is 1.48. The summed E-state index contributed by atoms with van der Waals surface area (Å²) >= 11 is 20.8. The highest BCUT2D eigenvalue weighted by atomic mass is 79.9. The molecule has 2 fully saturated rings. The molecule has 0 aromatic carbocycles. The monoisotopic (exact) mass is 856 g/mol. The van der Waals surface area contributed by atoms with Crippen LogP contribution in [0, 0.1) is 17.8 Å². The minimum absolute atomic E-state index is 0.0272. The van der Waals surface area contributed by atoms with Gasteiger partial charge in [0.05, 0.1) is 23.5 Å². The van der Waals surface area contributed by atoms with Crippen LogP contribution in [0.5, 0.6) is 0 Å². The Morgan fingerprint density at radius 3 is 2.10 bits per heavy atom. The number of hydrogen-bond donors (Lipinski definition) is 8. The third kappa shape index (κ3) is 4.27. The van der Waals surface area contributed by atoms with Crippen LogP contribution < -0.4 is 27.4 Å². The molecule has 226 valence electrons. The number of nitrogens with one attached hydrogen (secondary N) is 5. The van der Waals surface area contributed by atoms with Crippen LogP contribution in [0.2, 0.25) is 0 Å². The lowest BCUT2D eigenvalue weighted by atomic mass is 9.77. The number of carbonyl (C=O) groups excluding carboxylic acids is 2. The first-order chi connectivity index (χ1) is 19.8. The van der Waals surface area contributed by atoms with Crippen LogP contribution in [0.3, 0.4) is 0 Å². The number of nitrogens with zero attached hydrogens (tertiary/aromatic N) is 3. The average Bonchev–Trinajstić information content (AvgIpc) is 3.71. The van der Waals surface area contributed by atoms with E-state index >= 15 is 0 Å².